The van der Waals surface area contributed by atoms with Gasteiger partial charge < -0.3 is 9.52 Å². The maximum absolute atomic E-state index is 12.2. The van der Waals surface area contributed by atoms with Crippen LogP contribution in [0.5, 0.6) is 0 Å². The van der Waals surface area contributed by atoms with Crippen molar-refractivity contribution >= 4 is 28.9 Å². The van der Waals surface area contributed by atoms with Crippen LogP contribution >= 0.6 is 11.3 Å². The molecule has 0 radical (unpaired) electrons. The van der Waals surface area contributed by atoms with Gasteiger partial charge in [0.05, 0.1) is 12.3 Å². The van der Waals surface area contributed by atoms with Gasteiger partial charge in [-0.25, -0.2) is 9.80 Å². The van der Waals surface area contributed by atoms with Gasteiger partial charge in [-0.05, 0) is 23.6 Å². The van der Waals surface area contributed by atoms with E-state index in [1.807, 2.05) is 17.5 Å². The number of rotatable bonds is 4. The van der Waals surface area contributed by atoms with Crippen LogP contribution in [0.25, 0.3) is 0 Å². The van der Waals surface area contributed by atoms with E-state index in [-0.39, 0.29) is 6.04 Å². The van der Waals surface area contributed by atoms with Gasteiger partial charge in [-0.2, -0.15) is 5.10 Å². The molecule has 1 atom stereocenters. The Bertz CT molecular complexity index is 732. The lowest BCUT2D eigenvalue weighted by atomic mass is 10.1. The maximum Gasteiger partial charge on any atom is 0.328 e. The number of nitrogens with zero attached hydrogens (tertiary/aromatic N) is 2. The summed E-state index contributed by atoms with van der Waals surface area (Å²) in [5, 5.41) is 16.2. The standard InChI is InChI=1S/C15H12N2O4S/c18-14(5-6-15(19)20)17-11(13-4-2-8-22-13)9-10(16-17)12-3-1-7-21-12/h1-8,11H,9H2,(H,19,20)/t11-/m1/s1. The van der Waals surface area contributed by atoms with Gasteiger partial charge in [0.15, 0.2) is 0 Å². The highest BCUT2D eigenvalue weighted by atomic mass is 32.1. The Kier molecular flexibility index (Phi) is 3.88. The molecule has 0 spiro atoms. The molecular weight excluding hydrogens is 304 g/mol. The van der Waals surface area contributed by atoms with Gasteiger partial charge >= 0.3 is 5.97 Å². The third-order valence-electron chi connectivity index (χ3n) is 3.18. The van der Waals surface area contributed by atoms with E-state index in [1.54, 1.807) is 18.4 Å². The van der Waals surface area contributed by atoms with Gasteiger partial charge in [0.25, 0.3) is 5.91 Å². The molecule has 7 heteroatoms. The predicted octanol–water partition coefficient (Wildman–Crippen LogP) is 2.66. The molecule has 3 heterocycles. The third kappa shape index (κ3) is 2.84. The van der Waals surface area contributed by atoms with Crippen molar-refractivity contribution in [2.45, 2.75) is 12.5 Å². The zero-order valence-corrected chi connectivity index (χ0v) is 12.2. The van der Waals surface area contributed by atoms with E-state index in [2.05, 4.69) is 5.10 Å². The van der Waals surface area contributed by atoms with Crippen LogP contribution < -0.4 is 0 Å². The second kappa shape index (κ2) is 5.98. The van der Waals surface area contributed by atoms with E-state index in [0.717, 1.165) is 17.0 Å². The molecule has 1 amide bonds. The SMILES string of the molecule is O=C(O)C=CC(=O)N1N=C(c2ccco2)C[C@@H]1c1cccs1. The number of thiophene rings is 1. The van der Waals surface area contributed by atoms with E-state index in [4.69, 9.17) is 9.52 Å². The van der Waals surface area contributed by atoms with Crippen molar-refractivity contribution < 1.29 is 19.1 Å². The fraction of sp³-hybridized carbons (Fsp3) is 0.133. The average molecular weight is 316 g/mol. The van der Waals surface area contributed by atoms with Crippen LogP contribution in [0.15, 0.2) is 57.6 Å². The molecule has 1 aliphatic heterocycles. The minimum atomic E-state index is -1.17. The van der Waals surface area contributed by atoms with Gasteiger partial charge in [0.1, 0.15) is 11.5 Å². The molecule has 0 saturated carbocycles. The number of furan rings is 1. The monoisotopic (exact) mass is 316 g/mol. The highest BCUT2D eigenvalue weighted by molar-refractivity contribution is 7.10. The summed E-state index contributed by atoms with van der Waals surface area (Å²) in [5.74, 6) is -1.03. The van der Waals surface area contributed by atoms with E-state index in [9.17, 15) is 9.59 Å². The Balaban J connectivity index is 1.90. The Morgan fingerprint density at radius 1 is 1.36 bits per heavy atom. The number of carboxylic acids is 1. The van der Waals surface area contributed by atoms with Crippen LogP contribution in [-0.4, -0.2) is 27.7 Å². The summed E-state index contributed by atoms with van der Waals surface area (Å²) in [7, 11) is 0. The summed E-state index contributed by atoms with van der Waals surface area (Å²) >= 11 is 1.53. The molecule has 0 fully saturated rings. The molecule has 22 heavy (non-hydrogen) atoms. The summed E-state index contributed by atoms with van der Waals surface area (Å²) in [4.78, 5) is 23.8. The van der Waals surface area contributed by atoms with Gasteiger partial charge in [-0.15, -0.1) is 11.3 Å². The van der Waals surface area contributed by atoms with Crippen molar-refractivity contribution in [3.8, 4) is 0 Å². The number of hydrazone groups is 1. The number of carbonyl (C=O) groups excluding carboxylic acids is 1. The van der Waals surface area contributed by atoms with E-state index in [1.165, 1.54) is 16.3 Å². The molecule has 2 aromatic heterocycles. The highest BCUT2D eigenvalue weighted by Crippen LogP contribution is 2.35. The lowest BCUT2D eigenvalue weighted by Gasteiger charge is -2.18. The normalized spacial score (nSPS) is 17.9. The number of hydrogen-bond donors (Lipinski definition) is 1. The van der Waals surface area contributed by atoms with Crippen molar-refractivity contribution in [2.75, 3.05) is 0 Å². The first-order valence-electron chi connectivity index (χ1n) is 6.54. The molecule has 3 rings (SSSR count). The summed E-state index contributed by atoms with van der Waals surface area (Å²) in [6, 6.07) is 7.13. The molecule has 0 bridgehead atoms. The number of hydrogen-bond acceptors (Lipinski definition) is 5. The number of amides is 1. The third-order valence-corrected chi connectivity index (χ3v) is 4.16. The van der Waals surface area contributed by atoms with E-state index in [0.29, 0.717) is 17.9 Å². The Hall–Kier alpha value is -2.67. The van der Waals surface area contributed by atoms with E-state index >= 15 is 0 Å². The zero-order valence-electron chi connectivity index (χ0n) is 11.4. The van der Waals surface area contributed by atoms with Crippen molar-refractivity contribution in [1.82, 2.24) is 5.01 Å². The predicted molar refractivity (Wildman–Crippen MR) is 80.5 cm³/mol. The van der Waals surface area contributed by atoms with Crippen LogP contribution in [0.1, 0.15) is 23.1 Å². The minimum Gasteiger partial charge on any atom is -0.478 e. The molecule has 1 aliphatic rings. The molecule has 0 saturated heterocycles. The number of aliphatic carboxylic acids is 1. The van der Waals surface area contributed by atoms with Crippen LogP contribution in [0.2, 0.25) is 0 Å². The molecule has 112 valence electrons. The van der Waals surface area contributed by atoms with Crippen LogP contribution in [0, 0.1) is 0 Å². The lowest BCUT2D eigenvalue weighted by Crippen LogP contribution is -2.24. The summed E-state index contributed by atoms with van der Waals surface area (Å²) in [6.07, 6.45) is 3.90. The fourth-order valence-corrected chi connectivity index (χ4v) is 3.04. The first-order valence-corrected chi connectivity index (χ1v) is 7.42. The minimum absolute atomic E-state index is 0.244. The second-order valence-electron chi connectivity index (χ2n) is 4.61. The van der Waals surface area contributed by atoms with Crippen LogP contribution in [-0.2, 0) is 9.59 Å². The number of carboxylic acid groups (broad SMARTS) is 1. The summed E-state index contributed by atoms with van der Waals surface area (Å²) < 4.78 is 5.33. The molecule has 0 aliphatic carbocycles. The van der Waals surface area contributed by atoms with E-state index < -0.39 is 11.9 Å². The molecule has 2 aromatic rings. The fourth-order valence-electron chi connectivity index (χ4n) is 2.23. The summed E-state index contributed by atoms with van der Waals surface area (Å²) in [5.41, 5.74) is 0.667. The maximum atomic E-state index is 12.2. The van der Waals surface area contributed by atoms with Crippen LogP contribution in [0.4, 0.5) is 0 Å². The van der Waals surface area contributed by atoms with Crippen molar-refractivity contribution in [3.05, 3.63) is 58.7 Å². The Morgan fingerprint density at radius 3 is 2.86 bits per heavy atom. The smallest absolute Gasteiger partial charge is 0.328 e. The molecule has 1 N–H and O–H groups in total. The quantitative estimate of drug-likeness (QED) is 0.879. The molecular formula is C15H12N2O4S. The van der Waals surface area contributed by atoms with Crippen LogP contribution in [0.3, 0.4) is 0 Å². The average Bonchev–Trinajstić information content (AvgIpc) is 3.23. The first-order chi connectivity index (χ1) is 10.6. The molecule has 6 nitrogen and oxygen atoms in total. The molecule has 0 unspecified atom stereocenters. The number of carbonyl (C=O) groups is 2. The van der Waals surface area contributed by atoms with Gasteiger partial charge in [0, 0.05) is 23.5 Å². The zero-order chi connectivity index (χ0) is 15.5. The van der Waals surface area contributed by atoms with Gasteiger partial charge in [-0.1, -0.05) is 6.07 Å². The lowest BCUT2D eigenvalue weighted by molar-refractivity contribution is -0.132. The topological polar surface area (TPSA) is 83.1 Å². The molecule has 0 aromatic carbocycles. The van der Waals surface area contributed by atoms with Gasteiger partial charge in [-0.3, -0.25) is 4.79 Å². The van der Waals surface area contributed by atoms with Crippen molar-refractivity contribution in [2.24, 2.45) is 5.10 Å². The van der Waals surface area contributed by atoms with Crippen molar-refractivity contribution in [3.63, 3.8) is 0 Å². The Labute approximate surface area is 130 Å². The summed E-state index contributed by atoms with van der Waals surface area (Å²) in [6.45, 7) is 0. The van der Waals surface area contributed by atoms with Crippen molar-refractivity contribution in [1.29, 1.82) is 0 Å². The largest absolute Gasteiger partial charge is 0.478 e. The van der Waals surface area contributed by atoms with Gasteiger partial charge in [0.2, 0.25) is 0 Å². The highest BCUT2D eigenvalue weighted by Gasteiger charge is 2.33. The Morgan fingerprint density at radius 2 is 2.23 bits per heavy atom. The second-order valence-corrected chi connectivity index (χ2v) is 5.59. The first kappa shape index (κ1) is 14.3.